The Balaban J connectivity index is 0.000000195. The van der Waals surface area contributed by atoms with Crippen LogP contribution in [0.4, 0.5) is 0 Å². The van der Waals surface area contributed by atoms with Crippen LogP contribution in [0.1, 0.15) is 224 Å². The minimum atomic E-state index is 0.210. The highest BCUT2D eigenvalue weighted by atomic mass is 16.5. The standard InChI is InChI=1S/C32H56O2.C29H48O2/c1-8-33-24(5)21-34-26-16-18-31(6)25(20-26)12-13-27-29-15-14-28(23(4)11-9-10-22(2)3)32(29,7)19-17-30(27)31;1-20(2)7-6-8-21(3)25-11-12-26-24-10-9-22-19-23(31-18-17-30)13-15-28(22,4)27(24)14-16-29(25,26)5/h12,22-24,26-30H,8-11,13-21H2,1-7H3;9,17,20-21,23-27H,6-8,10-16,18-19H2,1-5H3. The van der Waals surface area contributed by atoms with Crippen LogP contribution in [-0.4, -0.2) is 44.4 Å². The highest BCUT2D eigenvalue weighted by Crippen LogP contribution is 2.69. The fourth-order valence-electron chi connectivity index (χ4n) is 18.4. The van der Waals surface area contributed by atoms with Crippen molar-refractivity contribution in [1.82, 2.24) is 0 Å². The van der Waals surface area contributed by atoms with E-state index in [-0.39, 0.29) is 18.8 Å². The van der Waals surface area contributed by atoms with Gasteiger partial charge in [-0.1, -0.05) is 131 Å². The number of fused-ring (bicyclic) bond motifs is 10. The number of carbonyl (C=O) groups is 1. The topological polar surface area (TPSA) is 44.8 Å². The number of ether oxygens (including phenoxy) is 3. The van der Waals surface area contributed by atoms with Crippen LogP contribution in [0, 0.1) is 92.7 Å². The Hall–Kier alpha value is -0.970. The van der Waals surface area contributed by atoms with Gasteiger partial charge in [0.2, 0.25) is 0 Å². The molecule has 0 bridgehead atoms. The van der Waals surface area contributed by atoms with Crippen molar-refractivity contribution < 1.29 is 19.0 Å². The van der Waals surface area contributed by atoms with E-state index in [2.05, 4.69) is 95.2 Å². The van der Waals surface area contributed by atoms with E-state index in [9.17, 15) is 4.79 Å². The molecule has 4 nitrogen and oxygen atoms in total. The van der Waals surface area contributed by atoms with Gasteiger partial charge >= 0.3 is 0 Å². The van der Waals surface area contributed by atoms with Crippen LogP contribution in [0.15, 0.2) is 23.3 Å². The van der Waals surface area contributed by atoms with Crippen LogP contribution in [0.3, 0.4) is 0 Å². The second-order valence-corrected chi connectivity index (χ2v) is 26.4. The highest BCUT2D eigenvalue weighted by molar-refractivity contribution is 5.50. The Bertz CT molecular complexity index is 1590. The summed E-state index contributed by atoms with van der Waals surface area (Å²) in [5.74, 6) is 10.9. The molecule has 0 spiro atoms. The Kier molecular flexibility index (Phi) is 17.5. The van der Waals surface area contributed by atoms with E-state index in [4.69, 9.17) is 14.2 Å². The first kappa shape index (κ1) is 51.9. The first-order valence-electron chi connectivity index (χ1n) is 28.7. The van der Waals surface area contributed by atoms with Gasteiger partial charge < -0.3 is 19.0 Å². The molecule has 0 radical (unpaired) electrons. The van der Waals surface area contributed by atoms with E-state index in [1.165, 1.54) is 122 Å². The van der Waals surface area contributed by atoms with Crippen molar-refractivity contribution in [2.24, 2.45) is 92.7 Å². The van der Waals surface area contributed by atoms with Gasteiger partial charge in [-0.2, -0.15) is 0 Å². The van der Waals surface area contributed by atoms with E-state index in [1.807, 2.05) is 0 Å². The molecule has 0 aromatic heterocycles. The quantitative estimate of drug-likeness (QED) is 0.102. The van der Waals surface area contributed by atoms with Crippen LogP contribution >= 0.6 is 0 Å². The summed E-state index contributed by atoms with van der Waals surface area (Å²) in [6.45, 7) is 31.3. The van der Waals surface area contributed by atoms with E-state index < -0.39 is 0 Å². The molecule has 8 rings (SSSR count). The fraction of sp³-hybridized carbons (Fsp3) is 0.918. The molecule has 0 heterocycles. The van der Waals surface area contributed by atoms with Crippen molar-refractivity contribution in [2.75, 3.05) is 19.8 Å². The molecule has 17 atom stereocenters. The van der Waals surface area contributed by atoms with Crippen molar-refractivity contribution in [2.45, 2.75) is 243 Å². The number of carbonyl (C=O) groups excluding carboxylic acids is 1. The molecule has 372 valence electrons. The van der Waals surface area contributed by atoms with E-state index >= 15 is 0 Å². The minimum Gasteiger partial charge on any atom is -0.376 e. The minimum absolute atomic E-state index is 0.210. The smallest absolute Gasteiger partial charge is 0.145 e. The van der Waals surface area contributed by atoms with E-state index in [1.54, 1.807) is 11.1 Å². The number of aldehydes is 1. The van der Waals surface area contributed by atoms with Gasteiger partial charge in [0.15, 0.2) is 0 Å². The Morgan fingerprint density at radius 2 is 1.05 bits per heavy atom. The second kappa shape index (κ2) is 22.0. The maximum atomic E-state index is 10.7. The predicted molar refractivity (Wildman–Crippen MR) is 273 cm³/mol. The lowest BCUT2D eigenvalue weighted by atomic mass is 9.47. The van der Waals surface area contributed by atoms with Crippen LogP contribution in [0.2, 0.25) is 0 Å². The van der Waals surface area contributed by atoms with Gasteiger partial charge in [0.05, 0.1) is 24.9 Å². The van der Waals surface area contributed by atoms with Crippen LogP contribution in [-0.2, 0) is 19.0 Å². The summed E-state index contributed by atoms with van der Waals surface area (Å²) in [4.78, 5) is 10.7. The van der Waals surface area contributed by atoms with Gasteiger partial charge in [-0.05, 0) is 209 Å². The average molecular weight is 901 g/mol. The summed E-state index contributed by atoms with van der Waals surface area (Å²) in [6, 6.07) is 0. The molecule has 8 aliphatic rings. The molecule has 17 unspecified atom stereocenters. The van der Waals surface area contributed by atoms with Crippen LogP contribution in [0.25, 0.3) is 0 Å². The van der Waals surface area contributed by atoms with Crippen molar-refractivity contribution in [1.29, 1.82) is 0 Å². The molecule has 6 saturated carbocycles. The largest absolute Gasteiger partial charge is 0.376 e. The second-order valence-electron chi connectivity index (χ2n) is 26.4. The fourth-order valence-corrected chi connectivity index (χ4v) is 18.4. The zero-order valence-electron chi connectivity index (χ0n) is 44.7. The third-order valence-electron chi connectivity index (χ3n) is 21.9. The van der Waals surface area contributed by atoms with Gasteiger partial charge in [0, 0.05) is 6.61 Å². The molecule has 0 aromatic rings. The maximum absolute atomic E-state index is 10.7. The molecule has 4 heteroatoms. The molecular weight excluding hydrogens is 797 g/mol. The van der Waals surface area contributed by atoms with Crippen LogP contribution < -0.4 is 0 Å². The summed E-state index contributed by atoms with van der Waals surface area (Å²) in [6.07, 6.45) is 37.2. The van der Waals surface area contributed by atoms with Crippen molar-refractivity contribution in [3.8, 4) is 0 Å². The molecule has 0 aromatic carbocycles. The molecule has 0 N–H and O–H groups in total. The maximum Gasteiger partial charge on any atom is 0.145 e. The monoisotopic (exact) mass is 901 g/mol. The number of hydrogen-bond acceptors (Lipinski definition) is 4. The normalized spacial score (nSPS) is 42.2. The number of allylic oxidation sites excluding steroid dienone is 2. The zero-order valence-corrected chi connectivity index (χ0v) is 44.7. The third-order valence-corrected chi connectivity index (χ3v) is 21.9. The lowest BCUT2D eigenvalue weighted by Gasteiger charge is -2.58. The molecule has 6 fully saturated rings. The average Bonchev–Trinajstić information content (AvgIpc) is 3.82. The summed E-state index contributed by atoms with van der Waals surface area (Å²) >= 11 is 0. The van der Waals surface area contributed by atoms with Crippen LogP contribution in [0.5, 0.6) is 0 Å². The first-order valence-corrected chi connectivity index (χ1v) is 28.7. The van der Waals surface area contributed by atoms with Gasteiger partial charge in [0.1, 0.15) is 12.9 Å². The van der Waals surface area contributed by atoms with Gasteiger partial charge in [-0.15, -0.1) is 0 Å². The lowest BCUT2D eigenvalue weighted by Crippen LogP contribution is -2.51. The molecule has 0 amide bonds. The molecule has 65 heavy (non-hydrogen) atoms. The zero-order chi connectivity index (χ0) is 46.7. The predicted octanol–water partition coefficient (Wildman–Crippen LogP) is 16.4. The number of hydrogen-bond donors (Lipinski definition) is 0. The highest BCUT2D eigenvalue weighted by Gasteiger charge is 2.61. The number of rotatable bonds is 18. The summed E-state index contributed by atoms with van der Waals surface area (Å²) in [7, 11) is 0. The SMILES string of the molecule is CC(C)CCCC(C)C1CCC2C3CC=C4CC(OCC=O)CCC4(C)C3CCC12C.CCOC(C)COC1CCC2(C)C(=CCC3C2CCC2(C)C(C(C)CCCC(C)C)CCC32)C1. The van der Waals surface area contributed by atoms with Crippen molar-refractivity contribution in [3.63, 3.8) is 0 Å². The third kappa shape index (κ3) is 10.9. The molecule has 0 aliphatic heterocycles. The first-order chi connectivity index (χ1) is 31.0. The molecular formula is C61H104O4. The van der Waals surface area contributed by atoms with E-state index in [0.29, 0.717) is 27.8 Å². The molecule has 8 aliphatic carbocycles. The lowest BCUT2D eigenvalue weighted by molar-refractivity contribution is -0.115. The Morgan fingerprint density at radius 3 is 1.48 bits per heavy atom. The van der Waals surface area contributed by atoms with E-state index in [0.717, 1.165) is 110 Å². The summed E-state index contributed by atoms with van der Waals surface area (Å²) in [5, 5.41) is 0. The summed E-state index contributed by atoms with van der Waals surface area (Å²) in [5.41, 5.74) is 5.38. The van der Waals surface area contributed by atoms with Gasteiger partial charge in [-0.25, -0.2) is 0 Å². The molecule has 0 saturated heterocycles. The van der Waals surface area contributed by atoms with Crippen molar-refractivity contribution in [3.05, 3.63) is 23.3 Å². The summed E-state index contributed by atoms with van der Waals surface area (Å²) < 4.78 is 17.9. The Labute approximate surface area is 402 Å². The van der Waals surface area contributed by atoms with Crippen molar-refractivity contribution >= 4 is 6.29 Å². The van der Waals surface area contributed by atoms with Gasteiger partial charge in [0.25, 0.3) is 0 Å². The Morgan fingerprint density at radius 1 is 0.585 bits per heavy atom. The van der Waals surface area contributed by atoms with Gasteiger partial charge in [-0.3, -0.25) is 0 Å².